The van der Waals surface area contributed by atoms with Gasteiger partial charge in [0, 0.05) is 23.6 Å². The fraction of sp³-hybridized carbons (Fsp3) is 0.207. The number of hydrogen-bond acceptors (Lipinski definition) is 9. The molecule has 0 radical (unpaired) electrons. The SMILES string of the molecule is COc1ccc(S(=O)(=O)N(CC(=O)Nc2ccc(S(=O)(=O)Nc3nccc(C)n3)cc2)c2cc(C)cc(C)c2)cc1OC. The number of hydrogen-bond donors (Lipinski definition) is 2. The Kier molecular flexibility index (Phi) is 9.21. The number of anilines is 3. The zero-order chi connectivity index (χ0) is 31.4. The van der Waals surface area contributed by atoms with Crippen LogP contribution in [0.4, 0.5) is 17.3 Å². The molecule has 226 valence electrons. The minimum atomic E-state index is -4.25. The van der Waals surface area contributed by atoms with Crippen LogP contribution in [0.25, 0.3) is 0 Å². The molecule has 0 bridgehead atoms. The van der Waals surface area contributed by atoms with E-state index in [2.05, 4.69) is 20.0 Å². The Labute approximate surface area is 250 Å². The Morgan fingerprint density at radius 1 is 0.814 bits per heavy atom. The van der Waals surface area contributed by atoms with E-state index < -0.39 is 32.5 Å². The number of rotatable bonds is 11. The van der Waals surface area contributed by atoms with Crippen LogP contribution in [0.15, 0.2) is 82.7 Å². The minimum Gasteiger partial charge on any atom is -0.493 e. The molecule has 0 aliphatic heterocycles. The summed E-state index contributed by atoms with van der Waals surface area (Å²) >= 11 is 0. The average molecular weight is 626 g/mol. The van der Waals surface area contributed by atoms with Crippen LogP contribution in [0.2, 0.25) is 0 Å². The molecule has 0 fully saturated rings. The summed E-state index contributed by atoms with van der Waals surface area (Å²) in [4.78, 5) is 21.0. The minimum absolute atomic E-state index is 0.0699. The van der Waals surface area contributed by atoms with Crippen LogP contribution in [0, 0.1) is 20.8 Å². The summed E-state index contributed by atoms with van der Waals surface area (Å²) in [6, 6.07) is 16.4. The fourth-order valence-electron chi connectivity index (χ4n) is 4.24. The first kappa shape index (κ1) is 31.3. The fourth-order valence-corrected chi connectivity index (χ4v) is 6.61. The molecule has 0 saturated heterocycles. The standard InChI is InChI=1S/C29H31N5O7S2/c1-19-14-20(2)16-23(15-19)34(43(38,39)25-10-11-26(40-4)27(17-25)41-5)18-28(35)32-22-6-8-24(9-7-22)42(36,37)33-29-30-13-12-21(3)31-29/h6-17H,18H2,1-5H3,(H,32,35)(H,30,31,33). The Morgan fingerprint density at radius 3 is 2.05 bits per heavy atom. The van der Waals surface area contributed by atoms with Crippen molar-refractivity contribution in [2.24, 2.45) is 0 Å². The number of sulfonamides is 2. The first-order chi connectivity index (χ1) is 20.3. The lowest BCUT2D eigenvalue weighted by Gasteiger charge is -2.25. The normalized spacial score (nSPS) is 11.5. The van der Waals surface area contributed by atoms with Gasteiger partial charge in [0.05, 0.1) is 29.7 Å². The zero-order valence-corrected chi connectivity index (χ0v) is 25.8. The Morgan fingerprint density at radius 2 is 1.44 bits per heavy atom. The maximum absolute atomic E-state index is 13.9. The molecule has 0 aliphatic carbocycles. The number of nitrogens with one attached hydrogen (secondary N) is 2. The number of carbonyl (C=O) groups is 1. The van der Waals surface area contributed by atoms with Gasteiger partial charge in [-0.05, 0) is 86.5 Å². The maximum atomic E-state index is 13.9. The monoisotopic (exact) mass is 625 g/mol. The van der Waals surface area contributed by atoms with Gasteiger partial charge in [0.15, 0.2) is 11.5 Å². The molecule has 2 N–H and O–H groups in total. The van der Waals surface area contributed by atoms with E-state index in [4.69, 9.17) is 9.47 Å². The van der Waals surface area contributed by atoms with E-state index in [9.17, 15) is 21.6 Å². The first-order valence-electron chi connectivity index (χ1n) is 12.9. The van der Waals surface area contributed by atoms with Crippen LogP contribution in [-0.4, -0.2) is 53.5 Å². The van der Waals surface area contributed by atoms with Gasteiger partial charge in [-0.2, -0.15) is 0 Å². The molecule has 1 aromatic heterocycles. The quantitative estimate of drug-likeness (QED) is 0.251. The molecule has 0 spiro atoms. The van der Waals surface area contributed by atoms with Crippen molar-refractivity contribution in [3.63, 3.8) is 0 Å². The molecule has 14 heteroatoms. The maximum Gasteiger partial charge on any atom is 0.264 e. The highest BCUT2D eigenvalue weighted by atomic mass is 32.2. The highest BCUT2D eigenvalue weighted by molar-refractivity contribution is 7.93. The van der Waals surface area contributed by atoms with Crippen molar-refractivity contribution in [2.45, 2.75) is 30.6 Å². The molecule has 1 amide bonds. The van der Waals surface area contributed by atoms with Crippen LogP contribution in [0.3, 0.4) is 0 Å². The number of methoxy groups -OCH3 is 2. The Hall–Kier alpha value is -4.69. The molecule has 0 unspecified atom stereocenters. The van der Waals surface area contributed by atoms with Crippen LogP contribution in [-0.2, 0) is 24.8 Å². The van der Waals surface area contributed by atoms with E-state index in [-0.39, 0.29) is 27.2 Å². The van der Waals surface area contributed by atoms with Gasteiger partial charge in [-0.3, -0.25) is 9.10 Å². The van der Waals surface area contributed by atoms with Crippen molar-refractivity contribution in [1.82, 2.24) is 9.97 Å². The lowest BCUT2D eigenvalue weighted by atomic mass is 10.1. The molecule has 4 rings (SSSR count). The summed E-state index contributed by atoms with van der Waals surface area (Å²) in [6.07, 6.45) is 1.44. The molecular formula is C29H31N5O7S2. The largest absolute Gasteiger partial charge is 0.493 e. The third kappa shape index (κ3) is 7.40. The highest BCUT2D eigenvalue weighted by Crippen LogP contribution is 2.33. The molecule has 43 heavy (non-hydrogen) atoms. The summed E-state index contributed by atoms with van der Waals surface area (Å²) in [6.45, 7) is 4.80. The van der Waals surface area contributed by atoms with E-state index in [1.54, 1.807) is 25.1 Å². The number of amides is 1. The van der Waals surface area contributed by atoms with Crippen molar-refractivity contribution in [3.05, 3.63) is 89.7 Å². The van der Waals surface area contributed by atoms with Crippen molar-refractivity contribution < 1.29 is 31.1 Å². The second kappa shape index (κ2) is 12.7. The second-order valence-corrected chi connectivity index (χ2v) is 13.1. The number of aryl methyl sites for hydroxylation is 3. The van der Waals surface area contributed by atoms with Crippen LogP contribution < -0.4 is 23.8 Å². The second-order valence-electron chi connectivity index (χ2n) is 9.57. The third-order valence-electron chi connectivity index (χ3n) is 6.19. The van der Waals surface area contributed by atoms with Crippen molar-refractivity contribution in [1.29, 1.82) is 0 Å². The van der Waals surface area contributed by atoms with E-state index in [0.717, 1.165) is 15.4 Å². The number of carbonyl (C=O) groups excluding carboxylic acids is 1. The molecular weight excluding hydrogens is 594 g/mol. The highest BCUT2D eigenvalue weighted by Gasteiger charge is 2.29. The van der Waals surface area contributed by atoms with E-state index in [0.29, 0.717) is 17.1 Å². The Balaban J connectivity index is 1.59. The van der Waals surface area contributed by atoms with Crippen molar-refractivity contribution in [2.75, 3.05) is 35.1 Å². The van der Waals surface area contributed by atoms with E-state index in [1.165, 1.54) is 62.9 Å². The molecule has 12 nitrogen and oxygen atoms in total. The molecule has 4 aromatic rings. The molecule has 0 saturated carbocycles. The number of nitrogens with zero attached hydrogens (tertiary/aromatic N) is 3. The molecule has 0 atom stereocenters. The first-order valence-corrected chi connectivity index (χ1v) is 15.8. The van der Waals surface area contributed by atoms with E-state index in [1.807, 2.05) is 19.9 Å². The molecule has 3 aromatic carbocycles. The topological polar surface area (TPSA) is 157 Å². The van der Waals surface area contributed by atoms with Gasteiger partial charge in [0.2, 0.25) is 11.9 Å². The predicted molar refractivity (Wildman–Crippen MR) is 163 cm³/mol. The third-order valence-corrected chi connectivity index (χ3v) is 9.31. The number of aromatic nitrogens is 2. The molecule has 1 heterocycles. The summed E-state index contributed by atoms with van der Waals surface area (Å²) in [5, 5.41) is 2.64. The average Bonchev–Trinajstić information content (AvgIpc) is 2.95. The van der Waals surface area contributed by atoms with Gasteiger partial charge in [0.25, 0.3) is 20.0 Å². The molecule has 0 aliphatic rings. The number of ether oxygens (including phenoxy) is 2. The lowest BCUT2D eigenvalue weighted by Crippen LogP contribution is -2.38. The van der Waals surface area contributed by atoms with Crippen LogP contribution in [0.5, 0.6) is 11.5 Å². The van der Waals surface area contributed by atoms with Crippen LogP contribution in [0.1, 0.15) is 16.8 Å². The summed E-state index contributed by atoms with van der Waals surface area (Å²) in [5.41, 5.74) is 2.77. The van der Waals surface area contributed by atoms with Crippen molar-refractivity contribution in [3.8, 4) is 11.5 Å². The van der Waals surface area contributed by atoms with Gasteiger partial charge >= 0.3 is 0 Å². The van der Waals surface area contributed by atoms with Gasteiger partial charge in [-0.1, -0.05) is 6.07 Å². The van der Waals surface area contributed by atoms with Gasteiger partial charge in [-0.15, -0.1) is 0 Å². The zero-order valence-electron chi connectivity index (χ0n) is 24.2. The lowest BCUT2D eigenvalue weighted by molar-refractivity contribution is -0.114. The van der Waals surface area contributed by atoms with E-state index >= 15 is 0 Å². The summed E-state index contributed by atoms with van der Waals surface area (Å²) in [7, 11) is -5.41. The van der Waals surface area contributed by atoms with Gasteiger partial charge < -0.3 is 14.8 Å². The smallest absolute Gasteiger partial charge is 0.264 e. The Bertz CT molecular complexity index is 1840. The van der Waals surface area contributed by atoms with Crippen LogP contribution >= 0.6 is 0 Å². The summed E-state index contributed by atoms with van der Waals surface area (Å²) < 4.78 is 67.2. The predicted octanol–water partition coefficient (Wildman–Crippen LogP) is 4.05. The van der Waals surface area contributed by atoms with Gasteiger partial charge in [-0.25, -0.2) is 31.5 Å². The van der Waals surface area contributed by atoms with Gasteiger partial charge in [0.1, 0.15) is 6.54 Å². The van der Waals surface area contributed by atoms with Crippen molar-refractivity contribution >= 4 is 43.3 Å². The summed E-state index contributed by atoms with van der Waals surface area (Å²) in [5.74, 6) is -0.152. The number of benzene rings is 3.